The van der Waals surface area contributed by atoms with Gasteiger partial charge in [0.1, 0.15) is 5.69 Å². The number of benzene rings is 1. The summed E-state index contributed by atoms with van der Waals surface area (Å²) in [6, 6.07) is 14.8. The van der Waals surface area contributed by atoms with E-state index in [1.807, 2.05) is 24.3 Å². The highest BCUT2D eigenvalue weighted by Gasteiger charge is 2.31. The molecule has 0 unspecified atom stereocenters. The molecule has 0 saturated carbocycles. The molecule has 1 fully saturated rings. The third-order valence-corrected chi connectivity index (χ3v) is 6.77. The van der Waals surface area contributed by atoms with Crippen LogP contribution in [0, 0.1) is 13.8 Å². The van der Waals surface area contributed by atoms with Gasteiger partial charge in [0.15, 0.2) is 5.82 Å². The molecule has 4 aromatic rings. The molecule has 0 spiro atoms. The number of hydrogen-bond donors (Lipinski definition) is 0. The Morgan fingerprint density at radius 3 is 2.54 bits per heavy atom. The molecule has 4 heterocycles. The predicted octanol–water partition coefficient (Wildman–Crippen LogP) is 6.14. The van der Waals surface area contributed by atoms with E-state index in [1.165, 1.54) is 29.6 Å². The first-order valence-electron chi connectivity index (χ1n) is 11.9. The Morgan fingerprint density at radius 2 is 1.80 bits per heavy atom. The van der Waals surface area contributed by atoms with Crippen LogP contribution in [0.4, 0.5) is 13.2 Å². The summed E-state index contributed by atoms with van der Waals surface area (Å²) in [5.74, 6) is 0.138. The van der Waals surface area contributed by atoms with Crippen molar-refractivity contribution in [2.75, 3.05) is 13.1 Å². The number of rotatable bonds is 5. The van der Waals surface area contributed by atoms with E-state index in [9.17, 15) is 13.2 Å². The Balaban J connectivity index is 1.40. The third-order valence-electron chi connectivity index (χ3n) is 6.77. The van der Waals surface area contributed by atoms with Gasteiger partial charge in [-0.25, -0.2) is 14.6 Å². The normalized spacial score (nSPS) is 16.9. The van der Waals surface area contributed by atoms with E-state index in [0.717, 1.165) is 36.0 Å². The van der Waals surface area contributed by atoms with Crippen LogP contribution >= 0.6 is 0 Å². The van der Waals surface area contributed by atoms with Gasteiger partial charge in [-0.3, -0.25) is 0 Å². The second kappa shape index (κ2) is 9.07. The molecule has 0 N–H and O–H groups in total. The lowest BCUT2D eigenvalue weighted by atomic mass is 10.1. The second-order valence-electron chi connectivity index (χ2n) is 9.44. The van der Waals surface area contributed by atoms with E-state index in [0.29, 0.717) is 23.1 Å². The lowest BCUT2D eigenvalue weighted by molar-refractivity contribution is -0.137. The zero-order chi connectivity index (χ0) is 24.7. The molecule has 1 saturated heterocycles. The van der Waals surface area contributed by atoms with Crippen LogP contribution in [0.15, 0.2) is 48.5 Å². The van der Waals surface area contributed by atoms with Crippen LogP contribution < -0.4 is 0 Å². The van der Waals surface area contributed by atoms with Crippen molar-refractivity contribution in [1.29, 1.82) is 0 Å². The molecule has 182 valence electrons. The smallest absolute Gasteiger partial charge is 0.300 e. The average Bonchev–Trinajstić information content (AvgIpc) is 3.41. The van der Waals surface area contributed by atoms with Crippen molar-refractivity contribution in [3.63, 3.8) is 0 Å². The topological polar surface area (TPSA) is 46.8 Å². The van der Waals surface area contributed by atoms with Gasteiger partial charge < -0.3 is 4.90 Å². The van der Waals surface area contributed by atoms with Gasteiger partial charge in [0.05, 0.1) is 16.8 Å². The molecule has 1 aromatic carbocycles. The van der Waals surface area contributed by atoms with Crippen molar-refractivity contribution in [3.8, 4) is 17.2 Å². The summed E-state index contributed by atoms with van der Waals surface area (Å²) in [7, 11) is 0. The summed E-state index contributed by atoms with van der Waals surface area (Å²) in [5, 5.41) is 5.60. The van der Waals surface area contributed by atoms with Crippen LogP contribution in [0.25, 0.3) is 28.1 Å². The van der Waals surface area contributed by atoms with Crippen LogP contribution in [-0.4, -0.2) is 43.8 Å². The molecule has 3 aromatic heterocycles. The van der Waals surface area contributed by atoms with Crippen LogP contribution in [-0.2, 0) is 12.6 Å². The van der Waals surface area contributed by atoms with Crippen molar-refractivity contribution >= 4 is 10.9 Å². The SMILES string of the molecule is Cc1cc(C(F)(F)F)cc(-n2nc(-c3ccc4cc(CCN5CCC[C@H]5C)ccc4n3)cc2C)n1. The molecule has 1 aliphatic rings. The first-order chi connectivity index (χ1) is 16.7. The van der Waals surface area contributed by atoms with Crippen molar-refractivity contribution in [3.05, 3.63) is 71.0 Å². The molecule has 5 nitrogen and oxygen atoms in total. The first-order valence-corrected chi connectivity index (χ1v) is 11.9. The summed E-state index contributed by atoms with van der Waals surface area (Å²) in [6.45, 7) is 7.89. The monoisotopic (exact) mass is 479 g/mol. The van der Waals surface area contributed by atoms with Crippen LogP contribution in [0.2, 0.25) is 0 Å². The highest BCUT2D eigenvalue weighted by molar-refractivity contribution is 5.81. The van der Waals surface area contributed by atoms with Crippen molar-refractivity contribution < 1.29 is 13.2 Å². The van der Waals surface area contributed by atoms with E-state index in [4.69, 9.17) is 4.98 Å². The first kappa shape index (κ1) is 23.5. The van der Waals surface area contributed by atoms with Gasteiger partial charge in [0.25, 0.3) is 0 Å². The Kier molecular flexibility index (Phi) is 6.09. The maximum Gasteiger partial charge on any atom is 0.416 e. The fourth-order valence-electron chi connectivity index (χ4n) is 4.83. The largest absolute Gasteiger partial charge is 0.416 e. The average molecular weight is 480 g/mol. The quantitative estimate of drug-likeness (QED) is 0.345. The number of nitrogens with zero attached hydrogens (tertiary/aromatic N) is 5. The number of fused-ring (bicyclic) bond motifs is 1. The third kappa shape index (κ3) is 4.93. The minimum atomic E-state index is -4.45. The number of aromatic nitrogens is 4. The number of hydrogen-bond acceptors (Lipinski definition) is 4. The zero-order valence-corrected chi connectivity index (χ0v) is 20.1. The molecule has 0 aliphatic carbocycles. The molecular formula is C27H28F3N5. The van der Waals surface area contributed by atoms with Gasteiger partial charge in [-0.05, 0) is 88.5 Å². The fourth-order valence-corrected chi connectivity index (χ4v) is 4.83. The summed E-state index contributed by atoms with van der Waals surface area (Å²) in [5.41, 5.74) is 3.63. The Labute approximate surface area is 202 Å². The van der Waals surface area contributed by atoms with E-state index in [-0.39, 0.29) is 11.5 Å². The predicted molar refractivity (Wildman–Crippen MR) is 131 cm³/mol. The summed E-state index contributed by atoms with van der Waals surface area (Å²) < 4.78 is 41.3. The lowest BCUT2D eigenvalue weighted by Gasteiger charge is -2.20. The molecule has 0 amide bonds. The summed E-state index contributed by atoms with van der Waals surface area (Å²) >= 11 is 0. The second-order valence-corrected chi connectivity index (χ2v) is 9.44. The van der Waals surface area contributed by atoms with Crippen LogP contribution in [0.5, 0.6) is 0 Å². The Morgan fingerprint density at radius 1 is 0.971 bits per heavy atom. The van der Waals surface area contributed by atoms with Gasteiger partial charge in [-0.1, -0.05) is 12.1 Å². The molecule has 8 heteroatoms. The van der Waals surface area contributed by atoms with Crippen LogP contribution in [0.1, 0.15) is 42.3 Å². The fraction of sp³-hybridized carbons (Fsp3) is 0.370. The van der Waals surface area contributed by atoms with Crippen molar-refractivity contribution in [2.45, 2.75) is 52.3 Å². The summed E-state index contributed by atoms with van der Waals surface area (Å²) in [6.07, 6.45) is -0.875. The van der Waals surface area contributed by atoms with E-state index < -0.39 is 11.7 Å². The van der Waals surface area contributed by atoms with Gasteiger partial charge >= 0.3 is 6.18 Å². The van der Waals surface area contributed by atoms with Gasteiger partial charge in [0, 0.05) is 29.4 Å². The number of pyridine rings is 2. The van der Waals surface area contributed by atoms with Crippen LogP contribution in [0.3, 0.4) is 0 Å². The van der Waals surface area contributed by atoms with Gasteiger partial charge in [-0.15, -0.1) is 0 Å². The maximum atomic E-state index is 13.3. The lowest BCUT2D eigenvalue weighted by Crippen LogP contribution is -2.28. The number of aryl methyl sites for hydroxylation is 2. The number of halogens is 3. The highest BCUT2D eigenvalue weighted by Crippen LogP contribution is 2.31. The molecular weight excluding hydrogens is 451 g/mol. The molecule has 1 aliphatic heterocycles. The van der Waals surface area contributed by atoms with Gasteiger partial charge in [0.2, 0.25) is 0 Å². The summed E-state index contributed by atoms with van der Waals surface area (Å²) in [4.78, 5) is 11.6. The molecule has 0 radical (unpaired) electrons. The molecule has 35 heavy (non-hydrogen) atoms. The number of alkyl halides is 3. The zero-order valence-electron chi connectivity index (χ0n) is 20.1. The Bertz CT molecular complexity index is 1380. The molecule has 1 atom stereocenters. The van der Waals surface area contributed by atoms with E-state index in [2.05, 4.69) is 34.0 Å². The van der Waals surface area contributed by atoms with E-state index in [1.54, 1.807) is 13.8 Å². The van der Waals surface area contributed by atoms with Gasteiger partial charge in [-0.2, -0.15) is 18.3 Å². The maximum absolute atomic E-state index is 13.3. The molecule has 5 rings (SSSR count). The van der Waals surface area contributed by atoms with Crippen molar-refractivity contribution in [1.82, 2.24) is 24.6 Å². The standard InChI is InChI=1S/C27H28F3N5/c1-17-13-22(27(28,29)30)16-26(31-17)35-19(3)14-25(33-35)24-9-7-21-15-20(6-8-23(21)32-24)10-12-34-11-4-5-18(34)2/h6-9,13-16,18H,4-5,10-12H2,1-3H3/t18-/m1/s1. The van der Waals surface area contributed by atoms with E-state index >= 15 is 0 Å². The molecule has 0 bridgehead atoms. The Hall–Kier alpha value is -3.26. The highest BCUT2D eigenvalue weighted by atomic mass is 19.4. The minimum absolute atomic E-state index is 0.138. The minimum Gasteiger partial charge on any atom is -0.300 e. The number of likely N-dealkylation sites (tertiary alicyclic amines) is 1. The van der Waals surface area contributed by atoms with Crippen molar-refractivity contribution in [2.24, 2.45) is 0 Å².